The van der Waals surface area contributed by atoms with Crippen LogP contribution in [0, 0.1) is 13.8 Å². The van der Waals surface area contributed by atoms with Crippen molar-refractivity contribution >= 4 is 11.9 Å². The number of fused-ring (bicyclic) bond motifs is 1. The van der Waals surface area contributed by atoms with E-state index in [1.807, 2.05) is 60.4 Å². The van der Waals surface area contributed by atoms with Crippen LogP contribution in [0.1, 0.15) is 52.0 Å². The number of amides is 1. The van der Waals surface area contributed by atoms with Crippen LogP contribution in [0.2, 0.25) is 0 Å². The van der Waals surface area contributed by atoms with E-state index in [-0.39, 0.29) is 5.91 Å². The van der Waals surface area contributed by atoms with Crippen LogP contribution in [0.25, 0.3) is 0 Å². The van der Waals surface area contributed by atoms with Crippen molar-refractivity contribution in [1.82, 2.24) is 14.9 Å². The first-order chi connectivity index (χ1) is 16.1. The van der Waals surface area contributed by atoms with E-state index < -0.39 is 0 Å². The van der Waals surface area contributed by atoms with Crippen LogP contribution < -0.4 is 9.64 Å². The summed E-state index contributed by atoms with van der Waals surface area (Å²) in [6, 6.07) is 15.7. The lowest BCUT2D eigenvalue weighted by Crippen LogP contribution is -2.38. The van der Waals surface area contributed by atoms with Crippen molar-refractivity contribution in [2.45, 2.75) is 46.1 Å². The van der Waals surface area contributed by atoms with Crippen molar-refractivity contribution < 1.29 is 9.53 Å². The molecule has 0 atom stereocenters. The minimum Gasteiger partial charge on any atom is -0.438 e. The Morgan fingerprint density at radius 2 is 1.67 bits per heavy atom. The van der Waals surface area contributed by atoms with Gasteiger partial charge in [-0.15, -0.1) is 0 Å². The fourth-order valence-corrected chi connectivity index (χ4v) is 4.57. The summed E-state index contributed by atoms with van der Waals surface area (Å²) in [7, 11) is 0. The van der Waals surface area contributed by atoms with Crippen molar-refractivity contribution in [2.24, 2.45) is 0 Å². The lowest BCUT2D eigenvalue weighted by molar-refractivity contribution is 0.0731. The molecule has 0 unspecified atom stereocenters. The summed E-state index contributed by atoms with van der Waals surface area (Å²) in [4.78, 5) is 27.2. The molecular weight excluding hydrogens is 412 g/mol. The van der Waals surface area contributed by atoms with Crippen LogP contribution in [0.15, 0.2) is 48.5 Å². The predicted octanol–water partition coefficient (Wildman–Crippen LogP) is 5.07. The number of hydrogen-bond donors (Lipinski definition) is 0. The van der Waals surface area contributed by atoms with Gasteiger partial charge in [-0.1, -0.05) is 35.9 Å². The highest BCUT2D eigenvalue weighted by Crippen LogP contribution is 2.32. The Kier molecular flexibility index (Phi) is 5.99. The molecule has 0 radical (unpaired) electrons. The SMILES string of the molecule is Cc1ccc(Oc2nc(N3CCCCC3)nc3c2CN(C(=O)c2ccccc2C)CC3)cc1. The van der Waals surface area contributed by atoms with Gasteiger partial charge in [0.1, 0.15) is 5.75 Å². The van der Waals surface area contributed by atoms with Gasteiger partial charge in [-0.05, 0) is 56.9 Å². The van der Waals surface area contributed by atoms with Gasteiger partial charge in [0.2, 0.25) is 11.8 Å². The quantitative estimate of drug-likeness (QED) is 0.564. The number of carbonyl (C=O) groups is 1. The lowest BCUT2D eigenvalue weighted by Gasteiger charge is -2.32. The van der Waals surface area contributed by atoms with Crippen molar-refractivity contribution in [2.75, 3.05) is 24.5 Å². The van der Waals surface area contributed by atoms with E-state index >= 15 is 0 Å². The number of aromatic nitrogens is 2. The average Bonchev–Trinajstić information content (AvgIpc) is 2.85. The molecule has 1 saturated heterocycles. The van der Waals surface area contributed by atoms with E-state index in [2.05, 4.69) is 11.8 Å². The minimum absolute atomic E-state index is 0.0418. The third-order valence-corrected chi connectivity index (χ3v) is 6.55. The number of anilines is 1. The molecule has 1 amide bonds. The average molecular weight is 443 g/mol. The van der Waals surface area contributed by atoms with Crippen LogP contribution in [-0.2, 0) is 13.0 Å². The van der Waals surface area contributed by atoms with Gasteiger partial charge >= 0.3 is 0 Å². The van der Waals surface area contributed by atoms with Gasteiger partial charge < -0.3 is 14.5 Å². The topological polar surface area (TPSA) is 58.6 Å². The molecule has 5 rings (SSSR count). The summed E-state index contributed by atoms with van der Waals surface area (Å²) in [5.41, 5.74) is 4.80. The first kappa shape index (κ1) is 21.4. The van der Waals surface area contributed by atoms with Crippen LogP contribution in [0.4, 0.5) is 5.95 Å². The molecule has 1 aromatic heterocycles. The third-order valence-electron chi connectivity index (χ3n) is 6.55. The maximum absolute atomic E-state index is 13.3. The van der Waals surface area contributed by atoms with E-state index in [1.165, 1.54) is 12.0 Å². The fraction of sp³-hybridized carbons (Fsp3) is 0.370. The number of carbonyl (C=O) groups excluding carboxylic acids is 1. The molecule has 170 valence electrons. The monoisotopic (exact) mass is 442 g/mol. The van der Waals surface area contributed by atoms with Crippen LogP contribution in [0.3, 0.4) is 0 Å². The first-order valence-corrected chi connectivity index (χ1v) is 11.8. The van der Waals surface area contributed by atoms with E-state index in [0.717, 1.165) is 60.0 Å². The highest BCUT2D eigenvalue weighted by Gasteiger charge is 2.29. The molecule has 2 aliphatic rings. The number of rotatable bonds is 4. The molecule has 33 heavy (non-hydrogen) atoms. The van der Waals surface area contributed by atoms with E-state index in [1.54, 1.807) is 0 Å². The Morgan fingerprint density at radius 1 is 0.909 bits per heavy atom. The summed E-state index contributed by atoms with van der Waals surface area (Å²) >= 11 is 0. The van der Waals surface area contributed by atoms with Gasteiger partial charge in [0, 0.05) is 31.6 Å². The molecule has 0 bridgehead atoms. The largest absolute Gasteiger partial charge is 0.438 e. The summed E-state index contributed by atoms with van der Waals surface area (Å²) in [5, 5.41) is 0. The van der Waals surface area contributed by atoms with Crippen LogP contribution in [0.5, 0.6) is 11.6 Å². The van der Waals surface area contributed by atoms with Crippen molar-refractivity contribution in [3.8, 4) is 11.6 Å². The summed E-state index contributed by atoms with van der Waals surface area (Å²) < 4.78 is 6.31. The Bertz CT molecular complexity index is 1150. The zero-order valence-corrected chi connectivity index (χ0v) is 19.4. The molecule has 0 N–H and O–H groups in total. The van der Waals surface area contributed by atoms with Crippen molar-refractivity contribution in [3.63, 3.8) is 0 Å². The minimum atomic E-state index is 0.0418. The number of piperidine rings is 1. The molecule has 2 aliphatic heterocycles. The third kappa shape index (κ3) is 4.56. The number of benzene rings is 2. The number of aryl methyl sites for hydroxylation is 2. The molecular formula is C27H30N4O2. The Morgan fingerprint density at radius 3 is 2.42 bits per heavy atom. The summed E-state index contributed by atoms with van der Waals surface area (Å²) in [6.45, 7) is 7.07. The molecule has 3 aromatic rings. The Balaban J connectivity index is 1.49. The number of ether oxygens (including phenoxy) is 1. The molecule has 3 heterocycles. The molecule has 2 aromatic carbocycles. The predicted molar refractivity (Wildman–Crippen MR) is 129 cm³/mol. The second-order valence-corrected chi connectivity index (χ2v) is 9.01. The van der Waals surface area contributed by atoms with Gasteiger partial charge in [0.05, 0.1) is 17.8 Å². The highest BCUT2D eigenvalue weighted by molar-refractivity contribution is 5.95. The first-order valence-electron chi connectivity index (χ1n) is 11.8. The van der Waals surface area contributed by atoms with Crippen molar-refractivity contribution in [1.29, 1.82) is 0 Å². The van der Waals surface area contributed by atoms with E-state index in [4.69, 9.17) is 14.7 Å². The normalized spacial score (nSPS) is 15.8. The van der Waals surface area contributed by atoms with Gasteiger partial charge in [-0.2, -0.15) is 4.98 Å². The van der Waals surface area contributed by atoms with Gasteiger partial charge in [-0.3, -0.25) is 4.79 Å². The lowest BCUT2D eigenvalue weighted by atomic mass is 10.0. The summed E-state index contributed by atoms with van der Waals surface area (Å²) in [5.74, 6) is 2.09. The second-order valence-electron chi connectivity index (χ2n) is 9.01. The number of nitrogens with zero attached hydrogens (tertiary/aromatic N) is 4. The van der Waals surface area contributed by atoms with Gasteiger partial charge in [0.15, 0.2) is 0 Å². The smallest absolute Gasteiger partial charge is 0.254 e. The standard InChI is InChI=1S/C27H30N4O2/c1-19-10-12-21(13-11-19)33-25-23-18-31(26(32)22-9-5-4-8-20(22)2)17-14-24(23)28-27(29-25)30-15-6-3-7-16-30/h4-5,8-13H,3,6-7,14-18H2,1-2H3. The van der Waals surface area contributed by atoms with Crippen LogP contribution in [-0.4, -0.2) is 40.4 Å². The van der Waals surface area contributed by atoms with E-state index in [0.29, 0.717) is 25.4 Å². The summed E-state index contributed by atoms with van der Waals surface area (Å²) in [6.07, 6.45) is 4.27. The van der Waals surface area contributed by atoms with Gasteiger partial charge in [0.25, 0.3) is 5.91 Å². The number of hydrogen-bond acceptors (Lipinski definition) is 5. The molecule has 0 spiro atoms. The zero-order valence-electron chi connectivity index (χ0n) is 19.4. The molecule has 0 saturated carbocycles. The van der Waals surface area contributed by atoms with Gasteiger partial charge in [-0.25, -0.2) is 4.98 Å². The van der Waals surface area contributed by atoms with E-state index in [9.17, 15) is 4.79 Å². The molecule has 1 fully saturated rings. The van der Waals surface area contributed by atoms with Crippen molar-refractivity contribution in [3.05, 3.63) is 76.5 Å². The molecule has 6 heteroatoms. The highest BCUT2D eigenvalue weighted by atomic mass is 16.5. The maximum atomic E-state index is 13.3. The molecule has 0 aliphatic carbocycles. The fourth-order valence-electron chi connectivity index (χ4n) is 4.57. The zero-order chi connectivity index (χ0) is 22.8. The second kappa shape index (κ2) is 9.22. The Hall–Kier alpha value is -3.41. The Labute approximate surface area is 195 Å². The maximum Gasteiger partial charge on any atom is 0.254 e. The molecule has 6 nitrogen and oxygen atoms in total. The van der Waals surface area contributed by atoms with Crippen LogP contribution >= 0.6 is 0 Å².